The summed E-state index contributed by atoms with van der Waals surface area (Å²) in [5.74, 6) is 2.08. The lowest BCUT2D eigenvalue weighted by atomic mass is 9.88. The van der Waals surface area contributed by atoms with E-state index in [9.17, 15) is 0 Å². The van der Waals surface area contributed by atoms with Crippen molar-refractivity contribution in [1.82, 2.24) is 14.5 Å². The zero-order valence-corrected chi connectivity index (χ0v) is 30.0. The molecule has 7 nitrogen and oxygen atoms in total. The topological polar surface area (TPSA) is 59.6 Å². The molecule has 4 aromatic heterocycles. The van der Waals surface area contributed by atoms with E-state index in [0.717, 1.165) is 66.8 Å². The Balaban J connectivity index is 1.12. The van der Waals surface area contributed by atoms with Gasteiger partial charge < -0.3 is 19.0 Å². The molecule has 0 unspecified atom stereocenters. The molecule has 0 amide bonds. The van der Waals surface area contributed by atoms with Crippen LogP contribution in [0.1, 0.15) is 26.3 Å². The standard InChI is InChI=1S/C46H37N5O2/c1-46(2,3)30-21-22-47-44(24-30)51-38-13-7-5-11-33(38)34-19-18-32(27-41(34)51)52-45-26-31(50-28-49(4)39-14-8-9-15-40(39)50)25-37(48-45)29-17-20-43-36(23-29)35-12-6-10-16-42(35)53-43/h5-27H,28H2,1-4H3. The maximum absolute atomic E-state index is 6.77. The highest BCUT2D eigenvalue weighted by Gasteiger charge is 2.26. The molecule has 258 valence electrons. The van der Waals surface area contributed by atoms with Gasteiger partial charge >= 0.3 is 0 Å². The van der Waals surface area contributed by atoms with Gasteiger partial charge in [-0.05, 0) is 83.8 Å². The summed E-state index contributed by atoms with van der Waals surface area (Å²) in [6, 6.07) is 46.2. The second-order valence-electron chi connectivity index (χ2n) is 14.9. The van der Waals surface area contributed by atoms with Crippen molar-refractivity contribution in [1.29, 1.82) is 0 Å². The first-order valence-corrected chi connectivity index (χ1v) is 18.0. The smallest absolute Gasteiger partial charge is 0.221 e. The average molecular weight is 692 g/mol. The molecule has 0 N–H and O–H groups in total. The molecule has 1 aliphatic heterocycles. The van der Waals surface area contributed by atoms with Crippen LogP contribution in [0.15, 0.2) is 144 Å². The molecule has 0 saturated carbocycles. The number of hydrogen-bond donors (Lipinski definition) is 0. The number of pyridine rings is 2. The summed E-state index contributed by atoms with van der Waals surface area (Å²) in [5.41, 5.74) is 10.2. The fraction of sp³-hybridized carbons (Fsp3) is 0.130. The highest BCUT2D eigenvalue weighted by Crippen LogP contribution is 2.43. The van der Waals surface area contributed by atoms with Gasteiger partial charge in [-0.2, -0.15) is 0 Å². The molecule has 1 aliphatic rings. The first-order valence-electron chi connectivity index (χ1n) is 18.0. The van der Waals surface area contributed by atoms with E-state index in [4.69, 9.17) is 19.1 Å². The molecule has 5 aromatic carbocycles. The minimum Gasteiger partial charge on any atom is -0.456 e. The Bertz CT molecular complexity index is 2880. The van der Waals surface area contributed by atoms with Crippen molar-refractivity contribution >= 4 is 60.8 Å². The number of anilines is 3. The fourth-order valence-electron chi connectivity index (χ4n) is 7.72. The summed E-state index contributed by atoms with van der Waals surface area (Å²) in [5, 5.41) is 4.44. The minimum absolute atomic E-state index is 0.0149. The Labute approximate surface area is 307 Å². The highest BCUT2D eigenvalue weighted by atomic mass is 16.5. The molecule has 5 heterocycles. The van der Waals surface area contributed by atoms with Crippen LogP contribution in [0.25, 0.3) is 60.8 Å². The summed E-state index contributed by atoms with van der Waals surface area (Å²) < 4.78 is 15.2. The van der Waals surface area contributed by atoms with E-state index in [1.807, 2.05) is 42.6 Å². The second-order valence-corrected chi connectivity index (χ2v) is 14.9. The van der Waals surface area contributed by atoms with Gasteiger partial charge in [-0.25, -0.2) is 9.97 Å². The first kappa shape index (κ1) is 31.2. The largest absolute Gasteiger partial charge is 0.456 e. The number of hydrogen-bond acceptors (Lipinski definition) is 6. The van der Waals surface area contributed by atoms with E-state index in [1.165, 1.54) is 16.6 Å². The van der Waals surface area contributed by atoms with Crippen molar-refractivity contribution in [3.05, 3.63) is 145 Å². The van der Waals surface area contributed by atoms with Gasteiger partial charge in [0.2, 0.25) is 5.88 Å². The van der Waals surface area contributed by atoms with Gasteiger partial charge in [-0.15, -0.1) is 0 Å². The van der Waals surface area contributed by atoms with Crippen LogP contribution in [0.3, 0.4) is 0 Å². The molecule has 0 aliphatic carbocycles. The summed E-state index contributed by atoms with van der Waals surface area (Å²) in [6.07, 6.45) is 1.91. The van der Waals surface area contributed by atoms with Crippen LogP contribution >= 0.6 is 0 Å². The van der Waals surface area contributed by atoms with E-state index in [-0.39, 0.29) is 5.41 Å². The van der Waals surface area contributed by atoms with Crippen LogP contribution in [0.2, 0.25) is 0 Å². The minimum atomic E-state index is -0.0149. The van der Waals surface area contributed by atoms with Gasteiger partial charge in [0.1, 0.15) is 22.7 Å². The fourth-order valence-corrected chi connectivity index (χ4v) is 7.72. The molecule has 0 atom stereocenters. The van der Waals surface area contributed by atoms with Crippen LogP contribution in [0.5, 0.6) is 11.6 Å². The van der Waals surface area contributed by atoms with Crippen molar-refractivity contribution in [2.45, 2.75) is 26.2 Å². The Morgan fingerprint density at radius 2 is 1.42 bits per heavy atom. The normalized spacial score (nSPS) is 13.1. The zero-order valence-electron chi connectivity index (χ0n) is 30.0. The molecule has 9 aromatic rings. The van der Waals surface area contributed by atoms with Crippen LogP contribution in [-0.4, -0.2) is 28.3 Å². The van der Waals surface area contributed by atoms with E-state index < -0.39 is 0 Å². The number of nitrogens with zero attached hydrogens (tertiary/aromatic N) is 5. The highest BCUT2D eigenvalue weighted by molar-refractivity contribution is 6.09. The average Bonchev–Trinajstić information content (AvgIpc) is 3.83. The third kappa shape index (κ3) is 5.19. The zero-order chi connectivity index (χ0) is 35.8. The molecule has 0 radical (unpaired) electrons. The summed E-state index contributed by atoms with van der Waals surface area (Å²) in [7, 11) is 2.12. The van der Waals surface area contributed by atoms with Crippen LogP contribution < -0.4 is 14.5 Å². The van der Waals surface area contributed by atoms with Crippen molar-refractivity contribution < 1.29 is 9.15 Å². The maximum atomic E-state index is 6.77. The Morgan fingerprint density at radius 3 is 2.28 bits per heavy atom. The van der Waals surface area contributed by atoms with Gasteiger partial charge in [0, 0.05) is 52.5 Å². The molecule has 10 rings (SSSR count). The molecule has 0 saturated heterocycles. The third-order valence-corrected chi connectivity index (χ3v) is 10.4. The third-order valence-electron chi connectivity index (χ3n) is 10.4. The van der Waals surface area contributed by atoms with Crippen molar-refractivity contribution in [2.75, 3.05) is 23.5 Å². The number of ether oxygens (including phenoxy) is 1. The van der Waals surface area contributed by atoms with Gasteiger partial charge in [-0.3, -0.25) is 4.57 Å². The lowest BCUT2D eigenvalue weighted by Gasteiger charge is -2.21. The van der Waals surface area contributed by atoms with E-state index >= 15 is 0 Å². The van der Waals surface area contributed by atoms with Crippen LogP contribution in [0.4, 0.5) is 17.1 Å². The van der Waals surface area contributed by atoms with E-state index in [2.05, 4.69) is 139 Å². The molecular formula is C46H37N5O2. The quantitative estimate of drug-likeness (QED) is 0.179. The predicted octanol–water partition coefficient (Wildman–Crippen LogP) is 11.8. The van der Waals surface area contributed by atoms with E-state index in [0.29, 0.717) is 18.3 Å². The van der Waals surface area contributed by atoms with Crippen LogP contribution in [-0.2, 0) is 5.41 Å². The second kappa shape index (κ2) is 11.7. The van der Waals surface area contributed by atoms with Gasteiger partial charge in [0.05, 0.1) is 40.5 Å². The maximum Gasteiger partial charge on any atom is 0.221 e. The number of aromatic nitrogens is 3. The predicted molar refractivity (Wildman–Crippen MR) is 216 cm³/mol. The first-order chi connectivity index (χ1) is 25.8. The lowest BCUT2D eigenvalue weighted by Crippen LogP contribution is -2.24. The molecule has 0 bridgehead atoms. The van der Waals surface area contributed by atoms with Gasteiger partial charge in [0.15, 0.2) is 0 Å². The molecule has 53 heavy (non-hydrogen) atoms. The van der Waals surface area contributed by atoms with Crippen LogP contribution in [0, 0.1) is 0 Å². The number of benzene rings is 5. The van der Waals surface area contributed by atoms with E-state index in [1.54, 1.807) is 0 Å². The molecular weight excluding hydrogens is 655 g/mol. The molecule has 0 fully saturated rings. The Morgan fingerprint density at radius 1 is 0.660 bits per heavy atom. The Hall–Kier alpha value is -6.60. The van der Waals surface area contributed by atoms with Crippen molar-refractivity contribution in [3.8, 4) is 28.7 Å². The summed E-state index contributed by atoms with van der Waals surface area (Å²) >= 11 is 0. The molecule has 0 spiro atoms. The summed E-state index contributed by atoms with van der Waals surface area (Å²) in [6.45, 7) is 7.40. The number of para-hydroxylation sites is 4. The summed E-state index contributed by atoms with van der Waals surface area (Å²) in [4.78, 5) is 14.6. The monoisotopic (exact) mass is 691 g/mol. The lowest BCUT2D eigenvalue weighted by molar-refractivity contribution is 0.464. The molecule has 7 heteroatoms. The van der Waals surface area contributed by atoms with Crippen molar-refractivity contribution in [2.24, 2.45) is 0 Å². The number of furan rings is 1. The Kier molecular flexibility index (Phi) is 6.89. The SMILES string of the molecule is CN1CN(c2cc(Oc3ccc4c5ccccc5n(-c5cc(C(C)(C)C)ccn5)c4c3)nc(-c3ccc4oc5ccccc5c4c3)c2)c2ccccc21. The number of fused-ring (bicyclic) bond motifs is 7. The van der Waals surface area contributed by atoms with Crippen molar-refractivity contribution in [3.63, 3.8) is 0 Å². The van der Waals surface area contributed by atoms with Gasteiger partial charge in [0.25, 0.3) is 0 Å². The number of rotatable bonds is 5. The van der Waals surface area contributed by atoms with Gasteiger partial charge in [-0.1, -0.05) is 69.3 Å².